The normalized spacial score (nSPS) is 22.2. The van der Waals surface area contributed by atoms with Crippen LogP contribution in [0.5, 0.6) is 0 Å². The smallest absolute Gasteiger partial charge is 0.273 e. The molecule has 1 amide bonds. The van der Waals surface area contributed by atoms with Gasteiger partial charge in [-0.25, -0.2) is 9.97 Å². The molecule has 128 valence electrons. The van der Waals surface area contributed by atoms with E-state index in [1.807, 2.05) is 22.7 Å². The second-order valence-electron chi connectivity index (χ2n) is 6.33. The zero-order valence-electron chi connectivity index (χ0n) is 13.5. The molecule has 7 nitrogen and oxygen atoms in total. The molecule has 0 radical (unpaired) electrons. The van der Waals surface area contributed by atoms with E-state index >= 15 is 0 Å². The predicted molar refractivity (Wildman–Crippen MR) is 89.8 cm³/mol. The number of carbonyl (C=O) groups excluding carboxylic acids is 1. The Morgan fingerprint density at radius 2 is 2.17 bits per heavy atom. The van der Waals surface area contributed by atoms with Gasteiger partial charge in [-0.3, -0.25) is 9.69 Å². The van der Waals surface area contributed by atoms with Gasteiger partial charge in [-0.1, -0.05) is 0 Å². The van der Waals surface area contributed by atoms with Crippen molar-refractivity contribution < 1.29 is 9.53 Å². The van der Waals surface area contributed by atoms with Crippen LogP contribution >= 0.6 is 11.3 Å². The second kappa shape index (κ2) is 7.00. The number of hydrogen-bond acceptors (Lipinski definition) is 6. The molecule has 0 saturated carbocycles. The molecule has 1 saturated heterocycles. The highest BCUT2D eigenvalue weighted by Crippen LogP contribution is 2.19. The number of nitrogens with zero attached hydrogens (tertiary/aromatic N) is 5. The summed E-state index contributed by atoms with van der Waals surface area (Å²) in [6.07, 6.45) is 3.83. The van der Waals surface area contributed by atoms with Crippen molar-refractivity contribution in [2.75, 3.05) is 39.4 Å². The van der Waals surface area contributed by atoms with Crippen molar-refractivity contribution in [2.24, 2.45) is 5.92 Å². The lowest BCUT2D eigenvalue weighted by molar-refractivity contribution is 0.0263. The molecule has 0 aliphatic carbocycles. The van der Waals surface area contributed by atoms with Gasteiger partial charge >= 0.3 is 0 Å². The lowest BCUT2D eigenvalue weighted by Crippen LogP contribution is -2.43. The molecule has 2 aliphatic rings. The number of ether oxygens (including phenoxy) is 1. The predicted octanol–water partition coefficient (Wildman–Crippen LogP) is 0.944. The molecule has 2 aliphatic heterocycles. The second-order valence-corrected chi connectivity index (χ2v) is 7.05. The lowest BCUT2D eigenvalue weighted by Gasteiger charge is -2.31. The Bertz CT molecular complexity index is 680. The van der Waals surface area contributed by atoms with Crippen LogP contribution in [0.15, 0.2) is 23.3 Å². The van der Waals surface area contributed by atoms with Crippen LogP contribution in [-0.2, 0) is 17.8 Å². The molecule has 4 heterocycles. The Balaban J connectivity index is 1.53. The number of hydrogen-bond donors (Lipinski definition) is 0. The lowest BCUT2D eigenvalue weighted by atomic mass is 10.1. The van der Waals surface area contributed by atoms with Crippen LogP contribution < -0.4 is 0 Å². The van der Waals surface area contributed by atoms with Crippen molar-refractivity contribution >= 4 is 17.2 Å². The molecular weight excluding hydrogens is 326 g/mol. The van der Waals surface area contributed by atoms with E-state index in [0.29, 0.717) is 18.2 Å². The Hall–Kier alpha value is -1.77. The van der Waals surface area contributed by atoms with Crippen molar-refractivity contribution in [3.8, 4) is 0 Å². The summed E-state index contributed by atoms with van der Waals surface area (Å²) in [6, 6.07) is 0. The van der Waals surface area contributed by atoms with Crippen molar-refractivity contribution in [1.29, 1.82) is 0 Å². The summed E-state index contributed by atoms with van der Waals surface area (Å²) < 4.78 is 7.62. The molecule has 0 unspecified atom stereocenters. The third-order valence-electron chi connectivity index (χ3n) is 4.63. The van der Waals surface area contributed by atoms with Crippen LogP contribution in [-0.4, -0.2) is 69.6 Å². The Morgan fingerprint density at radius 1 is 1.29 bits per heavy atom. The van der Waals surface area contributed by atoms with Gasteiger partial charge in [0.05, 0.1) is 25.3 Å². The van der Waals surface area contributed by atoms with E-state index < -0.39 is 0 Å². The minimum Gasteiger partial charge on any atom is -0.379 e. The van der Waals surface area contributed by atoms with Crippen molar-refractivity contribution in [1.82, 2.24) is 24.3 Å². The maximum Gasteiger partial charge on any atom is 0.273 e. The Morgan fingerprint density at radius 3 is 2.96 bits per heavy atom. The number of aromatic nitrogens is 3. The average molecular weight is 347 g/mol. The van der Waals surface area contributed by atoms with E-state index in [1.54, 1.807) is 5.51 Å². The molecule has 0 N–H and O–H groups in total. The highest BCUT2D eigenvalue weighted by molar-refractivity contribution is 7.07. The number of thiazole rings is 1. The summed E-state index contributed by atoms with van der Waals surface area (Å²) in [5.74, 6) is 1.32. The molecule has 0 aromatic carbocycles. The van der Waals surface area contributed by atoms with Crippen molar-refractivity contribution in [2.45, 2.75) is 13.1 Å². The van der Waals surface area contributed by atoms with Crippen LogP contribution in [0.4, 0.5) is 0 Å². The van der Waals surface area contributed by atoms with Gasteiger partial charge < -0.3 is 14.2 Å². The summed E-state index contributed by atoms with van der Waals surface area (Å²) in [4.78, 5) is 25.7. The van der Waals surface area contributed by atoms with Crippen molar-refractivity contribution in [3.63, 3.8) is 0 Å². The molecule has 1 fully saturated rings. The van der Waals surface area contributed by atoms with Gasteiger partial charge in [0, 0.05) is 56.4 Å². The average Bonchev–Trinajstić information content (AvgIpc) is 3.24. The first-order valence-corrected chi connectivity index (χ1v) is 9.21. The number of imidazole rings is 1. The van der Waals surface area contributed by atoms with Crippen LogP contribution in [0.1, 0.15) is 16.3 Å². The molecule has 2 aromatic rings. The van der Waals surface area contributed by atoms with Gasteiger partial charge in [0.2, 0.25) is 0 Å². The molecular formula is C16H21N5O2S. The molecule has 0 spiro atoms. The van der Waals surface area contributed by atoms with E-state index in [-0.39, 0.29) is 5.91 Å². The number of morpholine rings is 1. The SMILES string of the molecule is O=C(c1cscn1)N1Cc2nccn2C[C@H](CN2CCOCC2)C1. The largest absolute Gasteiger partial charge is 0.379 e. The summed E-state index contributed by atoms with van der Waals surface area (Å²) in [7, 11) is 0. The first kappa shape index (κ1) is 15.7. The summed E-state index contributed by atoms with van der Waals surface area (Å²) >= 11 is 1.45. The minimum atomic E-state index is -0.000299. The fraction of sp³-hybridized carbons (Fsp3) is 0.562. The van der Waals surface area contributed by atoms with Gasteiger partial charge in [0.15, 0.2) is 0 Å². The fourth-order valence-corrected chi connectivity index (χ4v) is 3.97. The fourth-order valence-electron chi connectivity index (χ4n) is 3.44. The summed E-state index contributed by atoms with van der Waals surface area (Å²) in [5.41, 5.74) is 2.24. The Kier molecular flexibility index (Phi) is 4.59. The highest BCUT2D eigenvalue weighted by atomic mass is 32.1. The Labute approximate surface area is 144 Å². The van der Waals surface area contributed by atoms with Crippen LogP contribution in [0.2, 0.25) is 0 Å². The monoisotopic (exact) mass is 347 g/mol. The highest BCUT2D eigenvalue weighted by Gasteiger charge is 2.28. The van der Waals surface area contributed by atoms with Crippen LogP contribution in [0.3, 0.4) is 0 Å². The number of carbonyl (C=O) groups is 1. The third kappa shape index (κ3) is 3.35. The number of amides is 1. The summed E-state index contributed by atoms with van der Waals surface area (Å²) in [5, 5.41) is 1.82. The standard InChI is InChI=1S/C16H21N5O2S/c22-16(14-11-24-12-18-14)21-9-13(7-19-3-5-23-6-4-19)8-20-2-1-17-15(20)10-21/h1-2,11-13H,3-10H2/t13-/m0/s1. The quantitative estimate of drug-likeness (QED) is 0.827. The van der Waals surface area contributed by atoms with Gasteiger partial charge in [-0.05, 0) is 0 Å². The molecule has 0 bridgehead atoms. The maximum atomic E-state index is 12.8. The van der Waals surface area contributed by atoms with Crippen LogP contribution in [0.25, 0.3) is 0 Å². The minimum absolute atomic E-state index is 0.000299. The van der Waals surface area contributed by atoms with Gasteiger partial charge in [-0.15, -0.1) is 11.3 Å². The number of rotatable bonds is 3. The van der Waals surface area contributed by atoms with E-state index in [4.69, 9.17) is 4.74 Å². The molecule has 4 rings (SSSR count). The van der Waals surface area contributed by atoms with Crippen molar-refractivity contribution in [3.05, 3.63) is 34.8 Å². The zero-order chi connectivity index (χ0) is 16.4. The zero-order valence-corrected chi connectivity index (χ0v) is 14.3. The molecule has 8 heteroatoms. The molecule has 24 heavy (non-hydrogen) atoms. The van der Waals surface area contributed by atoms with Crippen LogP contribution in [0, 0.1) is 5.92 Å². The van der Waals surface area contributed by atoms with E-state index in [1.165, 1.54) is 11.3 Å². The van der Waals surface area contributed by atoms with Gasteiger partial charge in [-0.2, -0.15) is 0 Å². The third-order valence-corrected chi connectivity index (χ3v) is 5.21. The first-order chi connectivity index (χ1) is 11.8. The first-order valence-electron chi connectivity index (χ1n) is 8.27. The van der Waals surface area contributed by atoms with Gasteiger partial charge in [0.1, 0.15) is 11.5 Å². The maximum absolute atomic E-state index is 12.8. The van der Waals surface area contributed by atoms with Gasteiger partial charge in [0.25, 0.3) is 5.91 Å². The molecule has 1 atom stereocenters. The van der Waals surface area contributed by atoms with E-state index in [9.17, 15) is 4.79 Å². The summed E-state index contributed by atoms with van der Waals surface area (Å²) in [6.45, 7) is 6.67. The van der Waals surface area contributed by atoms with E-state index in [2.05, 4.69) is 19.4 Å². The van der Waals surface area contributed by atoms with E-state index in [0.717, 1.165) is 51.8 Å². The molecule has 2 aromatic heterocycles. The topological polar surface area (TPSA) is 63.5 Å². The number of fused-ring (bicyclic) bond motifs is 1.